The van der Waals surface area contributed by atoms with E-state index in [1.165, 1.54) is 46.7 Å². The molecule has 0 bridgehead atoms. The summed E-state index contributed by atoms with van der Waals surface area (Å²) in [7, 11) is 0. The van der Waals surface area contributed by atoms with Crippen LogP contribution in [0.3, 0.4) is 0 Å². The van der Waals surface area contributed by atoms with Crippen LogP contribution in [-0.4, -0.2) is 30.4 Å². The van der Waals surface area contributed by atoms with Crippen LogP contribution in [-0.2, 0) is 12.8 Å². The number of benzene rings is 2. The lowest BCUT2D eigenvalue weighted by Gasteiger charge is -2.32. The van der Waals surface area contributed by atoms with E-state index in [2.05, 4.69) is 27.5 Å². The largest absolute Gasteiger partial charge is 0.388 e. The van der Waals surface area contributed by atoms with Gasteiger partial charge in [0.25, 0.3) is 5.56 Å². The first-order valence-corrected chi connectivity index (χ1v) is 11.9. The second-order valence-electron chi connectivity index (χ2n) is 9.79. The fraction of sp³-hybridized carbons (Fsp3) is 0.333. The van der Waals surface area contributed by atoms with Gasteiger partial charge in [0, 0.05) is 0 Å². The molecule has 182 valence electrons. The monoisotopic (exact) mass is 476 g/mol. The van der Waals surface area contributed by atoms with Crippen molar-refractivity contribution in [3.63, 3.8) is 0 Å². The van der Waals surface area contributed by atoms with Crippen molar-refractivity contribution in [2.24, 2.45) is 0 Å². The van der Waals surface area contributed by atoms with E-state index in [1.54, 1.807) is 32.2 Å². The molecule has 35 heavy (non-hydrogen) atoms. The number of aliphatic hydroxyl groups excluding tert-OH is 1. The molecule has 0 saturated heterocycles. The van der Waals surface area contributed by atoms with Gasteiger partial charge in [-0.05, 0) is 86.1 Å². The van der Waals surface area contributed by atoms with Crippen molar-refractivity contribution in [3.05, 3.63) is 93.3 Å². The molecule has 2 aromatic carbocycles. The number of aliphatic hydroxyl groups is 2. The number of halogens is 1. The summed E-state index contributed by atoms with van der Waals surface area (Å²) in [6.07, 6.45) is 4.96. The average Bonchev–Trinajstić information content (AvgIpc) is 3.27. The predicted molar refractivity (Wildman–Crippen MR) is 131 cm³/mol. The molecule has 2 heterocycles. The number of fused-ring (bicyclic) bond motifs is 2. The van der Waals surface area contributed by atoms with Gasteiger partial charge in [-0.3, -0.25) is 10.1 Å². The Morgan fingerprint density at radius 2 is 1.80 bits per heavy atom. The van der Waals surface area contributed by atoms with Gasteiger partial charge in [-0.1, -0.05) is 24.3 Å². The van der Waals surface area contributed by atoms with Crippen LogP contribution in [0.4, 0.5) is 4.39 Å². The third-order valence-electron chi connectivity index (χ3n) is 6.66. The zero-order valence-electron chi connectivity index (χ0n) is 19.8. The van der Waals surface area contributed by atoms with Gasteiger partial charge >= 0.3 is 0 Å². The number of hydrogen-bond donors (Lipinski definition) is 4. The molecule has 1 aliphatic rings. The summed E-state index contributed by atoms with van der Waals surface area (Å²) in [4.78, 5) is 15.8. The zero-order chi connectivity index (χ0) is 24.7. The quantitative estimate of drug-likeness (QED) is 0.317. The molecule has 0 saturated carbocycles. The Bertz CT molecular complexity index is 1420. The highest BCUT2D eigenvalue weighted by molar-refractivity contribution is 5.62. The van der Waals surface area contributed by atoms with Crippen molar-refractivity contribution >= 4 is 5.52 Å². The number of aromatic amines is 1. The Labute approximate surface area is 202 Å². The van der Waals surface area contributed by atoms with Crippen molar-refractivity contribution in [1.82, 2.24) is 19.9 Å². The molecule has 2 atom stereocenters. The molecule has 0 fully saturated rings. The van der Waals surface area contributed by atoms with Crippen molar-refractivity contribution in [3.8, 4) is 11.3 Å². The van der Waals surface area contributed by atoms with Crippen molar-refractivity contribution in [1.29, 1.82) is 0 Å². The van der Waals surface area contributed by atoms with Crippen LogP contribution in [0.15, 0.2) is 59.5 Å². The number of rotatable bonds is 6. The smallest absolute Gasteiger partial charge is 0.274 e. The lowest BCUT2D eigenvalue weighted by molar-refractivity contribution is 0.00454. The van der Waals surface area contributed by atoms with Crippen LogP contribution >= 0.6 is 0 Å². The Kier molecular flexibility index (Phi) is 6.04. The lowest BCUT2D eigenvalue weighted by Crippen LogP contribution is -2.41. The lowest BCUT2D eigenvalue weighted by atomic mass is 9.90. The Morgan fingerprint density at radius 1 is 1.09 bits per heavy atom. The van der Waals surface area contributed by atoms with Gasteiger partial charge in [0.1, 0.15) is 17.0 Å². The van der Waals surface area contributed by atoms with Crippen molar-refractivity contribution in [2.75, 3.05) is 0 Å². The second kappa shape index (κ2) is 9.03. The molecule has 0 amide bonds. The van der Waals surface area contributed by atoms with Crippen LogP contribution in [0.5, 0.6) is 0 Å². The minimum atomic E-state index is -1.28. The number of hydrogen-bond acceptors (Lipinski definition) is 5. The minimum absolute atomic E-state index is 0.231. The van der Waals surface area contributed by atoms with Crippen molar-refractivity contribution < 1.29 is 14.6 Å². The highest BCUT2D eigenvalue weighted by Gasteiger charge is 2.31. The molecule has 7 nitrogen and oxygen atoms in total. The van der Waals surface area contributed by atoms with Gasteiger partial charge in [0.2, 0.25) is 0 Å². The number of nitrogens with one attached hydrogen (secondary N) is 2. The van der Waals surface area contributed by atoms with E-state index in [0.29, 0.717) is 16.8 Å². The van der Waals surface area contributed by atoms with E-state index >= 15 is 0 Å². The second-order valence-corrected chi connectivity index (χ2v) is 9.79. The normalized spacial score (nSPS) is 15.7. The van der Waals surface area contributed by atoms with Crippen molar-refractivity contribution in [2.45, 2.75) is 57.4 Å². The van der Waals surface area contributed by atoms with E-state index in [9.17, 15) is 19.4 Å². The van der Waals surface area contributed by atoms with E-state index in [0.717, 1.165) is 18.4 Å². The molecular formula is C27H29FN4O3. The van der Waals surface area contributed by atoms with Crippen LogP contribution in [0.1, 0.15) is 61.3 Å². The van der Waals surface area contributed by atoms with Gasteiger partial charge in [-0.15, -0.1) is 0 Å². The molecular weight excluding hydrogens is 447 g/mol. The fourth-order valence-corrected chi connectivity index (χ4v) is 4.81. The number of aromatic nitrogens is 3. The minimum Gasteiger partial charge on any atom is -0.388 e. The molecule has 5 rings (SSSR count). The molecule has 2 aromatic heterocycles. The maximum atomic E-state index is 13.4. The summed E-state index contributed by atoms with van der Waals surface area (Å²) in [6.45, 7) is 3.19. The first kappa shape index (κ1) is 23.4. The zero-order valence-corrected chi connectivity index (χ0v) is 19.8. The van der Waals surface area contributed by atoms with Crippen LogP contribution < -0.4 is 10.9 Å². The first-order chi connectivity index (χ1) is 16.7. The summed E-state index contributed by atoms with van der Waals surface area (Å²) < 4.78 is 14.9. The van der Waals surface area contributed by atoms with E-state index < -0.39 is 23.7 Å². The molecule has 4 aromatic rings. The molecule has 1 unspecified atom stereocenters. The van der Waals surface area contributed by atoms with E-state index in [4.69, 9.17) is 0 Å². The maximum absolute atomic E-state index is 13.4. The molecule has 0 aliphatic heterocycles. The average molecular weight is 477 g/mol. The molecule has 8 heteroatoms. The number of aryl methyl sites for hydroxylation is 2. The predicted octanol–water partition coefficient (Wildman–Crippen LogP) is 3.80. The molecule has 0 spiro atoms. The first-order valence-electron chi connectivity index (χ1n) is 11.9. The van der Waals surface area contributed by atoms with Gasteiger partial charge in [0.15, 0.2) is 6.23 Å². The summed E-state index contributed by atoms with van der Waals surface area (Å²) in [5.74, 6) is -0.391. The highest BCUT2D eigenvalue weighted by atomic mass is 19.1. The Morgan fingerprint density at radius 3 is 2.51 bits per heavy atom. The number of nitrogens with zero attached hydrogens (tertiary/aromatic N) is 2. The van der Waals surface area contributed by atoms with Gasteiger partial charge in [-0.25, -0.2) is 8.91 Å². The van der Waals surface area contributed by atoms with Gasteiger partial charge in [0.05, 0.1) is 23.5 Å². The number of H-pyrrole nitrogens is 1. The molecule has 1 aliphatic carbocycles. The van der Waals surface area contributed by atoms with Gasteiger partial charge < -0.3 is 15.2 Å². The third kappa shape index (κ3) is 4.77. The SMILES string of the molecule is CC(C)(O)[C@@H](NC(O)c1cc2c(=O)[nH]c(-c3ccc4c(c3)CCCC4)cn2n1)c1ccc(F)cc1. The summed E-state index contributed by atoms with van der Waals surface area (Å²) in [5, 5.41) is 29.0. The standard InChI is InChI=1S/C27H29FN4O3/c1-27(2,35)24(17-9-11-20(28)12-10-17)30-25(33)21-14-23-26(34)29-22(15-32(23)31-21)19-8-7-16-5-3-4-6-18(16)13-19/h7-15,24-25,30,33,35H,3-6H2,1-2H3,(H,29,34)/t24-,25?/m0/s1. The maximum Gasteiger partial charge on any atom is 0.274 e. The van der Waals surface area contributed by atoms with Gasteiger partial charge in [-0.2, -0.15) is 5.10 Å². The third-order valence-corrected chi connectivity index (χ3v) is 6.66. The summed E-state index contributed by atoms with van der Waals surface area (Å²) >= 11 is 0. The van der Waals surface area contributed by atoms with Crippen LogP contribution in [0, 0.1) is 5.82 Å². The summed E-state index contributed by atoms with van der Waals surface area (Å²) in [6, 6.07) is 12.8. The Hall–Kier alpha value is -3.33. The van der Waals surface area contributed by atoms with E-state index in [-0.39, 0.29) is 11.3 Å². The van der Waals surface area contributed by atoms with Crippen LogP contribution in [0.25, 0.3) is 16.8 Å². The van der Waals surface area contributed by atoms with Crippen LogP contribution in [0.2, 0.25) is 0 Å². The Balaban J connectivity index is 1.45. The fourth-order valence-electron chi connectivity index (χ4n) is 4.81. The summed E-state index contributed by atoms with van der Waals surface area (Å²) in [5.41, 5.74) is 3.79. The molecule has 4 N–H and O–H groups in total. The molecule has 0 radical (unpaired) electrons. The van der Waals surface area contributed by atoms with E-state index in [1.807, 2.05) is 6.07 Å². The highest BCUT2D eigenvalue weighted by Crippen LogP contribution is 2.29. The topological polar surface area (TPSA) is 103 Å².